The van der Waals surface area contributed by atoms with Gasteiger partial charge in [0.25, 0.3) is 0 Å². The SMILES string of the molecule is CCN=C1SCCCS1. The Hall–Kier alpha value is 0.370. The van der Waals surface area contributed by atoms with E-state index in [1.54, 1.807) is 0 Å². The summed E-state index contributed by atoms with van der Waals surface area (Å²) in [6.07, 6.45) is 1.35. The quantitative estimate of drug-likeness (QED) is 0.584. The van der Waals surface area contributed by atoms with E-state index in [-0.39, 0.29) is 0 Å². The van der Waals surface area contributed by atoms with Gasteiger partial charge in [0.05, 0.1) is 0 Å². The van der Waals surface area contributed by atoms with E-state index in [0.29, 0.717) is 0 Å². The molecule has 1 aliphatic heterocycles. The van der Waals surface area contributed by atoms with Gasteiger partial charge in [-0.15, -0.1) is 0 Å². The van der Waals surface area contributed by atoms with Crippen LogP contribution in [0.15, 0.2) is 4.99 Å². The first-order valence-corrected chi connectivity index (χ1v) is 5.20. The normalized spacial score (nSPS) is 19.9. The van der Waals surface area contributed by atoms with Crippen LogP contribution in [0.1, 0.15) is 13.3 Å². The molecule has 0 aromatic carbocycles. The van der Waals surface area contributed by atoms with Gasteiger partial charge in [-0.05, 0) is 13.3 Å². The lowest BCUT2D eigenvalue weighted by atomic mass is 10.6. The molecule has 0 aromatic rings. The average molecular weight is 161 g/mol. The molecule has 0 amide bonds. The molecule has 1 aliphatic rings. The summed E-state index contributed by atoms with van der Waals surface area (Å²) in [6.45, 7) is 3.03. The summed E-state index contributed by atoms with van der Waals surface area (Å²) in [4.78, 5) is 4.33. The fraction of sp³-hybridized carbons (Fsp3) is 0.833. The summed E-state index contributed by atoms with van der Waals surface area (Å²) < 4.78 is 1.30. The Bertz CT molecular complexity index is 104. The third-order valence-electron chi connectivity index (χ3n) is 1.03. The molecule has 1 saturated heterocycles. The van der Waals surface area contributed by atoms with E-state index in [9.17, 15) is 0 Å². The number of aliphatic imine (C=N–C) groups is 1. The minimum absolute atomic E-state index is 0.940. The van der Waals surface area contributed by atoms with Crippen molar-refractivity contribution in [2.45, 2.75) is 13.3 Å². The van der Waals surface area contributed by atoms with Crippen molar-refractivity contribution in [1.82, 2.24) is 0 Å². The Morgan fingerprint density at radius 1 is 1.44 bits per heavy atom. The fourth-order valence-electron chi connectivity index (χ4n) is 0.640. The van der Waals surface area contributed by atoms with Crippen LogP contribution >= 0.6 is 23.5 Å². The third-order valence-corrected chi connectivity index (χ3v) is 3.47. The molecule has 0 spiro atoms. The summed E-state index contributed by atoms with van der Waals surface area (Å²) >= 11 is 3.80. The van der Waals surface area contributed by atoms with Crippen molar-refractivity contribution >= 4 is 27.9 Å². The average Bonchev–Trinajstić information content (AvgIpc) is 1.91. The minimum Gasteiger partial charge on any atom is -0.272 e. The first kappa shape index (κ1) is 7.48. The van der Waals surface area contributed by atoms with E-state index in [0.717, 1.165) is 6.54 Å². The Balaban J connectivity index is 2.30. The number of rotatable bonds is 1. The van der Waals surface area contributed by atoms with Crippen LogP contribution in [0.3, 0.4) is 0 Å². The van der Waals surface area contributed by atoms with Gasteiger partial charge in [0.2, 0.25) is 0 Å². The predicted molar refractivity (Wildman–Crippen MR) is 47.5 cm³/mol. The van der Waals surface area contributed by atoms with E-state index in [4.69, 9.17) is 0 Å². The second-order valence-electron chi connectivity index (χ2n) is 1.79. The van der Waals surface area contributed by atoms with Crippen LogP contribution in [0, 0.1) is 0 Å². The second kappa shape index (κ2) is 4.23. The van der Waals surface area contributed by atoms with Gasteiger partial charge >= 0.3 is 0 Å². The van der Waals surface area contributed by atoms with Crippen molar-refractivity contribution in [2.24, 2.45) is 4.99 Å². The van der Waals surface area contributed by atoms with Gasteiger partial charge < -0.3 is 0 Å². The zero-order valence-electron chi connectivity index (χ0n) is 5.59. The highest BCUT2D eigenvalue weighted by atomic mass is 32.2. The molecule has 0 atom stereocenters. The molecule has 9 heavy (non-hydrogen) atoms. The largest absolute Gasteiger partial charge is 0.272 e. The highest BCUT2D eigenvalue weighted by Crippen LogP contribution is 2.24. The van der Waals surface area contributed by atoms with Gasteiger partial charge in [0, 0.05) is 18.1 Å². The van der Waals surface area contributed by atoms with Gasteiger partial charge in [0.1, 0.15) is 4.38 Å². The smallest absolute Gasteiger partial charge is 0.124 e. The van der Waals surface area contributed by atoms with E-state index in [2.05, 4.69) is 11.9 Å². The molecular formula is C6H11NS2. The standard InChI is InChI=1S/C6H11NS2/c1-2-7-6-8-4-3-5-9-6/h2-5H2,1H3. The maximum Gasteiger partial charge on any atom is 0.124 e. The maximum absolute atomic E-state index is 4.33. The molecule has 0 saturated carbocycles. The van der Waals surface area contributed by atoms with Crippen LogP contribution < -0.4 is 0 Å². The Morgan fingerprint density at radius 3 is 2.67 bits per heavy atom. The third kappa shape index (κ3) is 2.63. The van der Waals surface area contributed by atoms with E-state index < -0.39 is 0 Å². The van der Waals surface area contributed by atoms with Crippen LogP contribution in [-0.4, -0.2) is 22.4 Å². The van der Waals surface area contributed by atoms with Crippen LogP contribution in [0.5, 0.6) is 0 Å². The van der Waals surface area contributed by atoms with Gasteiger partial charge in [-0.25, -0.2) is 0 Å². The lowest BCUT2D eigenvalue weighted by molar-refractivity contribution is 1.12. The van der Waals surface area contributed by atoms with Gasteiger partial charge in [-0.1, -0.05) is 23.5 Å². The Kier molecular flexibility index (Phi) is 3.51. The number of nitrogens with zero attached hydrogens (tertiary/aromatic N) is 1. The van der Waals surface area contributed by atoms with E-state index >= 15 is 0 Å². The summed E-state index contributed by atoms with van der Waals surface area (Å²) in [5.41, 5.74) is 0. The molecule has 1 fully saturated rings. The molecule has 0 bridgehead atoms. The molecule has 0 aromatic heterocycles. The predicted octanol–water partition coefficient (Wildman–Crippen LogP) is 2.23. The minimum atomic E-state index is 0.940. The first-order valence-electron chi connectivity index (χ1n) is 3.23. The van der Waals surface area contributed by atoms with Gasteiger partial charge in [0.15, 0.2) is 0 Å². The van der Waals surface area contributed by atoms with Crippen LogP contribution in [0.25, 0.3) is 0 Å². The molecule has 0 N–H and O–H groups in total. The lowest BCUT2D eigenvalue weighted by Crippen LogP contribution is -1.99. The zero-order valence-corrected chi connectivity index (χ0v) is 7.23. The van der Waals surface area contributed by atoms with Crippen LogP contribution in [0.2, 0.25) is 0 Å². The number of thioether (sulfide) groups is 2. The molecule has 0 aliphatic carbocycles. The van der Waals surface area contributed by atoms with E-state index in [1.165, 1.54) is 22.3 Å². The molecule has 1 heterocycles. The first-order chi connectivity index (χ1) is 4.43. The van der Waals surface area contributed by atoms with Gasteiger partial charge in [-0.3, -0.25) is 4.99 Å². The van der Waals surface area contributed by atoms with Crippen molar-refractivity contribution in [3.63, 3.8) is 0 Å². The fourth-order valence-corrected chi connectivity index (χ4v) is 3.02. The van der Waals surface area contributed by atoms with Crippen molar-refractivity contribution in [3.8, 4) is 0 Å². The van der Waals surface area contributed by atoms with Crippen LogP contribution in [-0.2, 0) is 0 Å². The highest BCUT2D eigenvalue weighted by molar-refractivity contribution is 8.39. The monoisotopic (exact) mass is 161 g/mol. The lowest BCUT2D eigenvalue weighted by Gasteiger charge is -2.09. The van der Waals surface area contributed by atoms with Crippen LogP contribution in [0.4, 0.5) is 0 Å². The molecule has 3 heteroatoms. The topological polar surface area (TPSA) is 12.4 Å². The molecular weight excluding hydrogens is 150 g/mol. The van der Waals surface area contributed by atoms with Crippen molar-refractivity contribution in [1.29, 1.82) is 0 Å². The zero-order chi connectivity index (χ0) is 6.53. The summed E-state index contributed by atoms with van der Waals surface area (Å²) in [5, 5.41) is 0. The Labute approximate surface area is 64.7 Å². The van der Waals surface area contributed by atoms with Crippen molar-refractivity contribution < 1.29 is 0 Å². The number of hydrogen-bond donors (Lipinski definition) is 0. The molecule has 0 radical (unpaired) electrons. The molecule has 0 unspecified atom stereocenters. The van der Waals surface area contributed by atoms with Gasteiger partial charge in [-0.2, -0.15) is 0 Å². The summed E-state index contributed by atoms with van der Waals surface area (Å²) in [7, 11) is 0. The highest BCUT2D eigenvalue weighted by Gasteiger charge is 2.05. The number of hydrogen-bond acceptors (Lipinski definition) is 3. The van der Waals surface area contributed by atoms with Crippen molar-refractivity contribution in [2.75, 3.05) is 18.1 Å². The van der Waals surface area contributed by atoms with E-state index in [1.807, 2.05) is 23.5 Å². The summed E-state index contributed by atoms with van der Waals surface area (Å²) in [5.74, 6) is 2.54. The van der Waals surface area contributed by atoms with Crippen molar-refractivity contribution in [3.05, 3.63) is 0 Å². The second-order valence-corrected chi connectivity index (χ2v) is 4.22. The molecule has 1 rings (SSSR count). The molecule has 52 valence electrons. The molecule has 1 nitrogen and oxygen atoms in total. The summed E-state index contributed by atoms with van der Waals surface area (Å²) in [6, 6.07) is 0. The maximum atomic E-state index is 4.33. The Morgan fingerprint density at radius 2 is 2.11 bits per heavy atom.